The molecule has 0 unspecified atom stereocenters. The van der Waals surface area contributed by atoms with E-state index in [1.807, 2.05) is 13.8 Å². The molecule has 0 radical (unpaired) electrons. The number of hydrogen-bond donors (Lipinski definition) is 1. The lowest BCUT2D eigenvalue weighted by atomic mass is 10.1. The number of anilines is 1. The van der Waals surface area contributed by atoms with Crippen LogP contribution in [-0.4, -0.2) is 16.6 Å². The average Bonchev–Trinajstić information content (AvgIpc) is 2.75. The van der Waals surface area contributed by atoms with Gasteiger partial charge < -0.3 is 9.84 Å². The molecule has 112 valence electrons. The monoisotopic (exact) mass is 293 g/mol. The van der Waals surface area contributed by atoms with Crippen LogP contribution in [0.1, 0.15) is 23.4 Å². The first-order chi connectivity index (χ1) is 9.99. The van der Waals surface area contributed by atoms with E-state index in [4.69, 9.17) is 4.52 Å². The number of halogens is 1. The number of nitrogens with one attached hydrogen (secondary N) is 1. The molecule has 2 aromatic rings. The van der Waals surface area contributed by atoms with Crippen molar-refractivity contribution in [3.63, 3.8) is 0 Å². The predicted molar refractivity (Wildman–Crippen MR) is 75.8 cm³/mol. The van der Waals surface area contributed by atoms with E-state index < -0.39 is 10.7 Å². The molecular formula is C14H16FN3O3. The van der Waals surface area contributed by atoms with Gasteiger partial charge in [-0.3, -0.25) is 10.1 Å². The number of rotatable bonds is 6. The first kappa shape index (κ1) is 15.0. The van der Waals surface area contributed by atoms with E-state index in [1.54, 1.807) is 0 Å². The van der Waals surface area contributed by atoms with Gasteiger partial charge in [0.25, 0.3) is 5.69 Å². The fraction of sp³-hybridized carbons (Fsp3) is 0.357. The normalized spacial score (nSPS) is 10.6. The van der Waals surface area contributed by atoms with E-state index in [9.17, 15) is 14.5 Å². The Morgan fingerprint density at radius 1 is 1.43 bits per heavy atom. The Kier molecular flexibility index (Phi) is 4.52. The van der Waals surface area contributed by atoms with E-state index >= 15 is 0 Å². The molecule has 0 saturated carbocycles. The SMILES string of the molecule is Cc1noc(C)c1CCCNc1ccc(F)cc1[N+](=O)[O-]. The van der Waals surface area contributed by atoms with Crippen LogP contribution < -0.4 is 5.32 Å². The highest BCUT2D eigenvalue weighted by Crippen LogP contribution is 2.25. The topological polar surface area (TPSA) is 81.2 Å². The third-order valence-corrected chi connectivity index (χ3v) is 3.26. The molecule has 0 bridgehead atoms. The molecule has 1 aromatic carbocycles. The molecule has 0 aliphatic carbocycles. The number of benzene rings is 1. The van der Waals surface area contributed by atoms with Crippen LogP contribution in [0.25, 0.3) is 0 Å². The molecule has 0 fully saturated rings. The Balaban J connectivity index is 1.94. The Morgan fingerprint density at radius 3 is 2.81 bits per heavy atom. The summed E-state index contributed by atoms with van der Waals surface area (Å²) in [6, 6.07) is 3.49. The average molecular weight is 293 g/mol. The van der Waals surface area contributed by atoms with Gasteiger partial charge in [0.15, 0.2) is 0 Å². The molecule has 6 nitrogen and oxygen atoms in total. The quantitative estimate of drug-likeness (QED) is 0.501. The molecule has 21 heavy (non-hydrogen) atoms. The van der Waals surface area contributed by atoms with Crippen LogP contribution in [0, 0.1) is 29.8 Å². The summed E-state index contributed by atoms with van der Waals surface area (Å²) >= 11 is 0. The lowest BCUT2D eigenvalue weighted by molar-refractivity contribution is -0.384. The number of aryl methyl sites for hydroxylation is 2. The Morgan fingerprint density at radius 2 is 2.19 bits per heavy atom. The molecule has 7 heteroatoms. The zero-order chi connectivity index (χ0) is 15.4. The number of nitrogens with zero attached hydrogens (tertiary/aromatic N) is 2. The summed E-state index contributed by atoms with van der Waals surface area (Å²) in [5.41, 5.74) is 1.98. The van der Waals surface area contributed by atoms with Crippen LogP contribution in [-0.2, 0) is 6.42 Å². The molecule has 0 saturated heterocycles. The van der Waals surface area contributed by atoms with Crippen molar-refractivity contribution in [1.29, 1.82) is 0 Å². The maximum absolute atomic E-state index is 13.0. The van der Waals surface area contributed by atoms with Crippen LogP contribution in [0.3, 0.4) is 0 Å². The second-order valence-electron chi connectivity index (χ2n) is 4.75. The molecule has 0 spiro atoms. The zero-order valence-electron chi connectivity index (χ0n) is 11.9. The van der Waals surface area contributed by atoms with Gasteiger partial charge in [0.05, 0.1) is 16.7 Å². The number of hydrogen-bond acceptors (Lipinski definition) is 5. The second kappa shape index (κ2) is 6.34. The van der Waals surface area contributed by atoms with Crippen molar-refractivity contribution in [2.24, 2.45) is 0 Å². The largest absolute Gasteiger partial charge is 0.379 e. The summed E-state index contributed by atoms with van der Waals surface area (Å²) in [6.45, 7) is 4.27. The summed E-state index contributed by atoms with van der Waals surface area (Å²) < 4.78 is 18.1. The third kappa shape index (κ3) is 3.56. The predicted octanol–water partition coefficient (Wildman–Crippen LogP) is 3.38. The molecule has 0 atom stereocenters. The second-order valence-corrected chi connectivity index (χ2v) is 4.75. The van der Waals surface area contributed by atoms with Gasteiger partial charge in [0, 0.05) is 12.1 Å². The van der Waals surface area contributed by atoms with Gasteiger partial charge in [-0.25, -0.2) is 4.39 Å². The minimum absolute atomic E-state index is 0.257. The minimum Gasteiger partial charge on any atom is -0.379 e. The van der Waals surface area contributed by atoms with Gasteiger partial charge in [-0.15, -0.1) is 0 Å². The van der Waals surface area contributed by atoms with Crippen molar-refractivity contribution in [1.82, 2.24) is 5.16 Å². The molecule has 0 aliphatic heterocycles. The lowest BCUT2D eigenvalue weighted by Crippen LogP contribution is -2.06. The smallest absolute Gasteiger partial charge is 0.295 e. The van der Waals surface area contributed by atoms with Crippen molar-refractivity contribution >= 4 is 11.4 Å². The van der Waals surface area contributed by atoms with Crippen molar-refractivity contribution in [2.75, 3.05) is 11.9 Å². The summed E-state index contributed by atoms with van der Waals surface area (Å²) in [5, 5.41) is 17.7. The van der Waals surface area contributed by atoms with Gasteiger partial charge >= 0.3 is 0 Å². The molecule has 1 heterocycles. The Labute approximate surface area is 121 Å². The van der Waals surface area contributed by atoms with Gasteiger partial charge in [-0.1, -0.05) is 5.16 Å². The molecule has 1 N–H and O–H groups in total. The Hall–Kier alpha value is -2.44. The van der Waals surface area contributed by atoms with Crippen LogP contribution in [0.2, 0.25) is 0 Å². The minimum atomic E-state index is -0.622. The van der Waals surface area contributed by atoms with Crippen LogP contribution >= 0.6 is 0 Å². The number of nitro benzene ring substituents is 1. The number of nitro groups is 1. The Bertz CT molecular complexity index is 635. The molecule has 2 rings (SSSR count). The summed E-state index contributed by atoms with van der Waals surface area (Å²) in [5.74, 6) is 0.170. The van der Waals surface area contributed by atoms with Crippen molar-refractivity contribution in [3.8, 4) is 0 Å². The van der Waals surface area contributed by atoms with Crippen molar-refractivity contribution in [2.45, 2.75) is 26.7 Å². The summed E-state index contributed by atoms with van der Waals surface area (Å²) in [7, 11) is 0. The van der Waals surface area contributed by atoms with E-state index in [1.165, 1.54) is 12.1 Å². The number of aromatic nitrogens is 1. The first-order valence-corrected chi connectivity index (χ1v) is 6.58. The summed E-state index contributed by atoms with van der Waals surface area (Å²) in [6.07, 6.45) is 1.53. The van der Waals surface area contributed by atoms with E-state index in [2.05, 4.69) is 10.5 Å². The van der Waals surface area contributed by atoms with E-state index in [0.29, 0.717) is 12.2 Å². The van der Waals surface area contributed by atoms with Crippen molar-refractivity contribution in [3.05, 3.63) is 51.1 Å². The van der Waals surface area contributed by atoms with Gasteiger partial charge in [-0.05, 0) is 38.8 Å². The van der Waals surface area contributed by atoms with Gasteiger partial charge in [0.2, 0.25) is 0 Å². The molecule has 0 aliphatic rings. The van der Waals surface area contributed by atoms with Crippen molar-refractivity contribution < 1.29 is 13.8 Å². The van der Waals surface area contributed by atoms with Crippen LogP contribution in [0.5, 0.6) is 0 Å². The van der Waals surface area contributed by atoms with E-state index in [0.717, 1.165) is 35.9 Å². The standard InChI is InChI=1S/C14H16FN3O3/c1-9-12(10(2)21-17-9)4-3-7-16-13-6-5-11(15)8-14(13)18(19)20/h5-6,8,16H,3-4,7H2,1-2H3. The molecule has 0 amide bonds. The lowest BCUT2D eigenvalue weighted by Gasteiger charge is -2.07. The molecule has 1 aromatic heterocycles. The highest BCUT2D eigenvalue weighted by molar-refractivity contribution is 5.61. The first-order valence-electron chi connectivity index (χ1n) is 6.58. The van der Waals surface area contributed by atoms with Crippen LogP contribution in [0.4, 0.5) is 15.8 Å². The van der Waals surface area contributed by atoms with Crippen LogP contribution in [0.15, 0.2) is 22.7 Å². The van der Waals surface area contributed by atoms with Gasteiger partial charge in [0.1, 0.15) is 17.3 Å². The maximum Gasteiger partial charge on any atom is 0.295 e. The highest BCUT2D eigenvalue weighted by atomic mass is 19.1. The third-order valence-electron chi connectivity index (χ3n) is 3.26. The highest BCUT2D eigenvalue weighted by Gasteiger charge is 2.14. The zero-order valence-corrected chi connectivity index (χ0v) is 11.9. The van der Waals surface area contributed by atoms with Gasteiger partial charge in [-0.2, -0.15) is 0 Å². The van der Waals surface area contributed by atoms with E-state index in [-0.39, 0.29) is 5.69 Å². The fourth-order valence-corrected chi connectivity index (χ4v) is 2.15. The maximum atomic E-state index is 13.0. The fourth-order valence-electron chi connectivity index (χ4n) is 2.15. The molecular weight excluding hydrogens is 277 g/mol. The summed E-state index contributed by atoms with van der Waals surface area (Å²) in [4.78, 5) is 10.3.